The summed E-state index contributed by atoms with van der Waals surface area (Å²) in [6.07, 6.45) is 0. The minimum Gasteiger partial charge on any atom is -0.367 e. The topological polar surface area (TPSA) is 127 Å². The first-order valence-electron chi connectivity index (χ1n) is 7.48. The second-order valence-corrected chi connectivity index (χ2v) is 4.84. The number of guanidine groups is 1. The maximum Gasteiger partial charge on any atom is 0.234 e. The fourth-order valence-electron chi connectivity index (χ4n) is 1.97. The molecule has 0 unspecified atom stereocenters. The molecule has 27 heavy (non-hydrogen) atoms. The van der Waals surface area contributed by atoms with Crippen molar-refractivity contribution in [1.82, 2.24) is 5.43 Å². The zero-order valence-corrected chi connectivity index (χ0v) is 16.9. The molecule has 0 aromatic heterocycles. The molecule has 0 fully saturated rings. The normalized spacial score (nSPS) is 11.6. The van der Waals surface area contributed by atoms with Crippen LogP contribution >= 0.6 is 37.2 Å². The van der Waals surface area contributed by atoms with Crippen molar-refractivity contribution in [2.45, 2.75) is 0 Å². The number of hydrogen-bond acceptors (Lipinski definition) is 5. The minimum absolute atomic E-state index is 0. The second-order valence-electron chi connectivity index (χ2n) is 4.84. The van der Waals surface area contributed by atoms with Gasteiger partial charge in [-0.05, 0) is 11.1 Å². The third kappa shape index (κ3) is 8.85. The van der Waals surface area contributed by atoms with E-state index < -0.39 is 0 Å². The SMILES string of the molecule is Cl.Cl.Cl.NCC(=N/N=C(/N)NN=C(CN)c1ccccc1)c1ccccc1. The molecule has 0 spiro atoms. The van der Waals surface area contributed by atoms with Crippen LogP contribution in [0.3, 0.4) is 0 Å². The van der Waals surface area contributed by atoms with Gasteiger partial charge in [-0.15, -0.1) is 47.4 Å². The van der Waals surface area contributed by atoms with E-state index in [0.717, 1.165) is 11.1 Å². The van der Waals surface area contributed by atoms with Gasteiger partial charge < -0.3 is 17.2 Å². The Morgan fingerprint density at radius 1 is 0.704 bits per heavy atom. The van der Waals surface area contributed by atoms with Crippen LogP contribution in [0.1, 0.15) is 11.1 Å². The summed E-state index contributed by atoms with van der Waals surface area (Å²) in [6.45, 7) is 0.522. The van der Waals surface area contributed by atoms with Crippen LogP contribution < -0.4 is 22.6 Å². The quantitative estimate of drug-likeness (QED) is 0.316. The monoisotopic (exact) mass is 431 g/mol. The molecule has 2 rings (SSSR count). The molecular weight excluding hydrogens is 409 g/mol. The van der Waals surface area contributed by atoms with Gasteiger partial charge in [0.25, 0.3) is 0 Å². The van der Waals surface area contributed by atoms with Crippen LogP contribution in [-0.2, 0) is 0 Å². The number of hydrogen-bond donors (Lipinski definition) is 4. The summed E-state index contributed by atoms with van der Waals surface area (Å²) in [4.78, 5) is 0. The molecule has 7 N–H and O–H groups in total. The van der Waals surface area contributed by atoms with E-state index in [2.05, 4.69) is 20.7 Å². The number of rotatable bonds is 6. The Bertz CT molecular complexity index is 735. The van der Waals surface area contributed by atoms with Crippen molar-refractivity contribution in [2.75, 3.05) is 13.1 Å². The highest BCUT2D eigenvalue weighted by molar-refractivity contribution is 6.03. The third-order valence-electron chi connectivity index (χ3n) is 3.18. The third-order valence-corrected chi connectivity index (χ3v) is 3.18. The number of halogens is 3. The number of hydrazone groups is 1. The van der Waals surface area contributed by atoms with Gasteiger partial charge in [-0.1, -0.05) is 60.7 Å². The number of benzene rings is 2. The molecule has 0 aliphatic heterocycles. The van der Waals surface area contributed by atoms with Gasteiger partial charge in [-0.2, -0.15) is 5.10 Å². The van der Waals surface area contributed by atoms with E-state index in [0.29, 0.717) is 11.4 Å². The zero-order chi connectivity index (χ0) is 17.2. The predicted molar refractivity (Wildman–Crippen MR) is 121 cm³/mol. The lowest BCUT2D eigenvalue weighted by Gasteiger charge is -2.05. The van der Waals surface area contributed by atoms with Crippen molar-refractivity contribution in [3.05, 3.63) is 71.8 Å². The van der Waals surface area contributed by atoms with E-state index in [1.807, 2.05) is 60.7 Å². The van der Waals surface area contributed by atoms with E-state index in [1.54, 1.807) is 0 Å². The molecule has 7 nitrogen and oxygen atoms in total. The molecular formula is C17H24Cl3N7. The van der Waals surface area contributed by atoms with Crippen LogP contribution in [0.25, 0.3) is 0 Å². The van der Waals surface area contributed by atoms with Gasteiger partial charge in [-0.25, -0.2) is 5.43 Å². The Morgan fingerprint density at radius 3 is 1.59 bits per heavy atom. The molecule has 0 saturated carbocycles. The van der Waals surface area contributed by atoms with Gasteiger partial charge in [0.1, 0.15) is 0 Å². The molecule has 0 bridgehead atoms. The lowest BCUT2D eigenvalue weighted by molar-refractivity contribution is 0.975. The smallest absolute Gasteiger partial charge is 0.234 e. The molecule has 0 amide bonds. The van der Waals surface area contributed by atoms with Crippen LogP contribution in [0.2, 0.25) is 0 Å². The van der Waals surface area contributed by atoms with Crippen LogP contribution in [0.4, 0.5) is 0 Å². The molecule has 148 valence electrons. The molecule has 0 saturated heterocycles. The summed E-state index contributed by atoms with van der Waals surface area (Å²) in [5.41, 5.74) is 23.0. The zero-order valence-electron chi connectivity index (χ0n) is 14.5. The van der Waals surface area contributed by atoms with Crippen molar-refractivity contribution in [3.8, 4) is 0 Å². The summed E-state index contributed by atoms with van der Waals surface area (Å²) in [5, 5.41) is 12.2. The van der Waals surface area contributed by atoms with Crippen LogP contribution in [0, 0.1) is 0 Å². The number of nitrogens with two attached hydrogens (primary N) is 3. The van der Waals surface area contributed by atoms with Crippen LogP contribution in [0.15, 0.2) is 76.0 Å². The van der Waals surface area contributed by atoms with E-state index >= 15 is 0 Å². The van der Waals surface area contributed by atoms with Crippen molar-refractivity contribution in [1.29, 1.82) is 0 Å². The molecule has 0 heterocycles. The summed E-state index contributed by atoms with van der Waals surface area (Å²) < 4.78 is 0. The Kier molecular flexibility index (Phi) is 15.0. The van der Waals surface area contributed by atoms with Crippen molar-refractivity contribution < 1.29 is 0 Å². The summed E-state index contributed by atoms with van der Waals surface area (Å²) in [7, 11) is 0. The summed E-state index contributed by atoms with van der Waals surface area (Å²) >= 11 is 0. The van der Waals surface area contributed by atoms with Gasteiger partial charge in [0, 0.05) is 13.1 Å². The van der Waals surface area contributed by atoms with Crippen molar-refractivity contribution in [3.63, 3.8) is 0 Å². The molecule has 0 aliphatic carbocycles. The largest absolute Gasteiger partial charge is 0.367 e. The van der Waals surface area contributed by atoms with Crippen LogP contribution in [-0.4, -0.2) is 30.5 Å². The summed E-state index contributed by atoms with van der Waals surface area (Å²) in [5.74, 6) is 0.0544. The second kappa shape index (κ2) is 15.0. The molecule has 0 atom stereocenters. The van der Waals surface area contributed by atoms with Gasteiger partial charge in [0.2, 0.25) is 5.96 Å². The lowest BCUT2D eigenvalue weighted by atomic mass is 10.1. The lowest BCUT2D eigenvalue weighted by Crippen LogP contribution is -2.30. The fourth-order valence-corrected chi connectivity index (χ4v) is 1.97. The molecule has 10 heteroatoms. The fraction of sp³-hybridized carbons (Fsp3) is 0.118. The predicted octanol–water partition coefficient (Wildman–Crippen LogP) is 1.88. The summed E-state index contributed by atoms with van der Waals surface area (Å²) in [6, 6.07) is 19.1. The van der Waals surface area contributed by atoms with E-state index in [-0.39, 0.29) is 56.3 Å². The van der Waals surface area contributed by atoms with Gasteiger partial charge >= 0.3 is 0 Å². The molecule has 2 aromatic carbocycles. The Morgan fingerprint density at radius 2 is 1.15 bits per heavy atom. The standard InChI is InChI=1S/C17H21N7.3ClH/c18-11-15(13-7-3-1-4-8-13)21-23-17(20)24-22-16(12-19)14-9-5-2-6-10-14;;;/h1-10H,11-12,18-19H2,(H3,20,23,24);3*1H. The van der Waals surface area contributed by atoms with E-state index in [9.17, 15) is 0 Å². The van der Waals surface area contributed by atoms with Gasteiger partial charge in [-0.3, -0.25) is 0 Å². The first-order chi connectivity index (χ1) is 11.7. The molecule has 0 radical (unpaired) electrons. The highest BCUT2D eigenvalue weighted by Gasteiger charge is 2.02. The maximum atomic E-state index is 5.78. The van der Waals surface area contributed by atoms with Crippen molar-refractivity contribution >= 4 is 54.6 Å². The minimum atomic E-state index is 0. The maximum absolute atomic E-state index is 5.78. The van der Waals surface area contributed by atoms with Crippen molar-refractivity contribution in [2.24, 2.45) is 32.5 Å². The highest BCUT2D eigenvalue weighted by Crippen LogP contribution is 2.01. The molecule has 0 aliphatic rings. The number of nitrogens with zero attached hydrogens (tertiary/aromatic N) is 3. The first kappa shape index (κ1) is 27.1. The Balaban J connectivity index is 0. The first-order valence-corrected chi connectivity index (χ1v) is 7.48. The van der Waals surface area contributed by atoms with Crippen LogP contribution in [0.5, 0.6) is 0 Å². The number of nitrogens with one attached hydrogen (secondary N) is 1. The van der Waals surface area contributed by atoms with E-state index in [4.69, 9.17) is 17.2 Å². The molecule has 2 aromatic rings. The Labute approximate surface area is 177 Å². The van der Waals surface area contributed by atoms with Gasteiger partial charge in [0.15, 0.2) is 0 Å². The van der Waals surface area contributed by atoms with E-state index in [1.165, 1.54) is 0 Å². The van der Waals surface area contributed by atoms with Gasteiger partial charge in [0.05, 0.1) is 11.4 Å². The Hall–Kier alpha value is -2.16. The highest BCUT2D eigenvalue weighted by atomic mass is 35.5. The average Bonchev–Trinajstić information content (AvgIpc) is 2.64. The average molecular weight is 433 g/mol.